The van der Waals surface area contributed by atoms with Crippen LogP contribution in [0.1, 0.15) is 80.2 Å². The number of benzene rings is 1. The third-order valence-electron chi connectivity index (χ3n) is 12.6. The molecule has 5 rings (SSSR count). The van der Waals surface area contributed by atoms with Gasteiger partial charge in [0.15, 0.2) is 24.1 Å². The van der Waals surface area contributed by atoms with Gasteiger partial charge in [0.05, 0.1) is 29.9 Å². The standard InChI is InChI=1S/C44H65N3O12/c1-11-33-44(8)38(58-42(51)59-44)26(4)34(45)24(2)22-43(7,52)37(57-41-35(48)31(47(9)10)20-25(3)53-41)27(5)36(28(6)39(49)55-33)56-40(50)32(21-29-16-13-12-14-17-29)54-30-18-15-19-46-23-30/h12-19,23-28,31-38,41,48,52H,11,20-22,45H2,1-10H3/t24-,25-,26-,27+,28-,31+,32?,33?,34+,35-,36+,37-,38-,41+,43+,44-/m1/s1. The zero-order valence-electron chi connectivity index (χ0n) is 36.1. The first-order chi connectivity index (χ1) is 27.8. The Morgan fingerprint density at radius 3 is 2.36 bits per heavy atom. The number of carbonyl (C=O) groups excluding carboxylic acids is 3. The average Bonchev–Trinajstić information content (AvgIpc) is 3.51. The van der Waals surface area contributed by atoms with Crippen molar-refractivity contribution in [2.45, 2.75) is 153 Å². The van der Waals surface area contributed by atoms with Gasteiger partial charge in [-0.25, -0.2) is 9.59 Å². The van der Waals surface area contributed by atoms with Gasteiger partial charge < -0.3 is 54.0 Å². The maximum Gasteiger partial charge on any atom is 0.509 e. The van der Waals surface area contributed by atoms with E-state index in [4.69, 9.17) is 38.9 Å². The summed E-state index contributed by atoms with van der Waals surface area (Å²) in [6.45, 7) is 14.0. The summed E-state index contributed by atoms with van der Waals surface area (Å²) >= 11 is 0. The molecule has 3 aliphatic rings. The molecule has 3 saturated heterocycles. The van der Waals surface area contributed by atoms with Crippen molar-refractivity contribution in [2.24, 2.45) is 29.4 Å². The minimum atomic E-state index is -1.74. The number of hydrogen-bond donors (Lipinski definition) is 3. The third kappa shape index (κ3) is 10.5. The summed E-state index contributed by atoms with van der Waals surface area (Å²) in [7, 11) is 3.72. The number of nitrogens with two attached hydrogens (primary N) is 1. The van der Waals surface area contributed by atoms with Gasteiger partial charge in [0.25, 0.3) is 0 Å². The van der Waals surface area contributed by atoms with E-state index in [-0.39, 0.29) is 31.4 Å². The van der Waals surface area contributed by atoms with Crippen LogP contribution in [-0.4, -0.2) is 125 Å². The van der Waals surface area contributed by atoms with Crippen LogP contribution in [0.2, 0.25) is 0 Å². The summed E-state index contributed by atoms with van der Waals surface area (Å²) in [4.78, 5) is 47.9. The Balaban J connectivity index is 1.61. The fourth-order valence-electron chi connectivity index (χ4n) is 9.24. The number of carbonyl (C=O) groups is 3. The highest BCUT2D eigenvalue weighted by atomic mass is 16.8. The van der Waals surface area contributed by atoms with Gasteiger partial charge in [0.2, 0.25) is 0 Å². The first kappa shape index (κ1) is 46.2. The fraction of sp³-hybridized carbons (Fsp3) is 0.682. The molecule has 4 heterocycles. The van der Waals surface area contributed by atoms with E-state index < -0.39 is 102 Å². The largest absolute Gasteiger partial charge is 0.509 e. The summed E-state index contributed by atoms with van der Waals surface area (Å²) in [5.74, 6) is -4.26. The van der Waals surface area contributed by atoms with Crippen LogP contribution in [0.3, 0.4) is 0 Å². The number of cyclic esters (lactones) is 1. The summed E-state index contributed by atoms with van der Waals surface area (Å²) < 4.78 is 43.3. The zero-order chi connectivity index (χ0) is 43.4. The first-order valence-corrected chi connectivity index (χ1v) is 20.8. The topological polar surface area (TPSA) is 198 Å². The van der Waals surface area contributed by atoms with Crippen molar-refractivity contribution >= 4 is 18.1 Å². The number of ether oxygens (including phenoxy) is 7. The van der Waals surface area contributed by atoms with E-state index in [9.17, 15) is 24.6 Å². The van der Waals surface area contributed by atoms with Crippen LogP contribution < -0.4 is 10.5 Å². The van der Waals surface area contributed by atoms with E-state index in [1.54, 1.807) is 52.9 Å². The monoisotopic (exact) mass is 827 g/mol. The van der Waals surface area contributed by atoms with Gasteiger partial charge in [0.1, 0.15) is 24.1 Å². The number of aliphatic hydroxyl groups excluding tert-OH is 1. The maximum atomic E-state index is 14.6. The zero-order valence-corrected chi connectivity index (χ0v) is 36.1. The molecule has 1 aromatic heterocycles. The number of rotatable bonds is 10. The molecule has 0 amide bonds. The van der Waals surface area contributed by atoms with E-state index in [1.165, 1.54) is 6.20 Å². The number of esters is 2. The predicted molar refractivity (Wildman–Crippen MR) is 216 cm³/mol. The van der Waals surface area contributed by atoms with Crippen molar-refractivity contribution in [2.75, 3.05) is 14.1 Å². The highest BCUT2D eigenvalue weighted by molar-refractivity contribution is 5.78. The molecule has 15 heteroatoms. The predicted octanol–water partition coefficient (Wildman–Crippen LogP) is 4.44. The molecule has 3 fully saturated rings. The molecule has 15 nitrogen and oxygen atoms in total. The number of hydrogen-bond acceptors (Lipinski definition) is 15. The molecular weight excluding hydrogens is 762 g/mol. The van der Waals surface area contributed by atoms with Gasteiger partial charge in [-0.2, -0.15) is 0 Å². The SMILES string of the molecule is CCC1OC(=O)[C@H](C)[C@@H](OC(=O)C(Cc2ccccc2)Oc2cccnc2)[C@H](C)[C@@H](O[C@@H]2O[C@H](C)C[C@H](N(C)C)[C@H]2O)[C@@](C)(O)C[C@@H](C)[C@H](N)[C@@H](C)[C@H]2OC(=O)O[C@]12C. The lowest BCUT2D eigenvalue weighted by molar-refractivity contribution is -0.299. The molecule has 0 bridgehead atoms. The highest BCUT2D eigenvalue weighted by Crippen LogP contribution is 2.42. The second-order valence-electron chi connectivity index (χ2n) is 17.5. The van der Waals surface area contributed by atoms with Gasteiger partial charge >= 0.3 is 18.1 Å². The first-order valence-electron chi connectivity index (χ1n) is 20.8. The van der Waals surface area contributed by atoms with Crippen molar-refractivity contribution in [1.82, 2.24) is 9.88 Å². The van der Waals surface area contributed by atoms with Crippen LogP contribution in [0.4, 0.5) is 4.79 Å². The van der Waals surface area contributed by atoms with Gasteiger partial charge in [-0.05, 0) is 84.7 Å². The minimum absolute atomic E-state index is 0.0542. The lowest BCUT2D eigenvalue weighted by Gasteiger charge is -2.48. The Morgan fingerprint density at radius 2 is 1.73 bits per heavy atom. The molecular formula is C44H65N3O12. The smallest absolute Gasteiger partial charge is 0.477 e. The Kier molecular flexibility index (Phi) is 15.1. The van der Waals surface area contributed by atoms with Crippen molar-refractivity contribution in [3.8, 4) is 5.75 Å². The Hall–Kier alpha value is -3.86. The molecule has 59 heavy (non-hydrogen) atoms. The number of pyridine rings is 1. The molecule has 0 saturated carbocycles. The Bertz CT molecular complexity index is 1660. The van der Waals surface area contributed by atoms with E-state index in [0.717, 1.165) is 5.56 Å². The third-order valence-corrected chi connectivity index (χ3v) is 12.6. The number of fused-ring (bicyclic) bond motifs is 1. The Morgan fingerprint density at radius 1 is 1.03 bits per heavy atom. The van der Waals surface area contributed by atoms with Crippen LogP contribution in [0.25, 0.3) is 0 Å². The summed E-state index contributed by atoms with van der Waals surface area (Å²) in [6.07, 6.45) is -5.12. The van der Waals surface area contributed by atoms with E-state index >= 15 is 0 Å². The lowest BCUT2D eigenvalue weighted by Crippen LogP contribution is -2.61. The van der Waals surface area contributed by atoms with Gasteiger partial charge in [-0.1, -0.05) is 58.0 Å². The number of aliphatic hydroxyl groups is 2. The molecule has 4 N–H and O–H groups in total. The van der Waals surface area contributed by atoms with Gasteiger partial charge in [-0.3, -0.25) is 9.78 Å². The van der Waals surface area contributed by atoms with Crippen molar-refractivity contribution in [3.63, 3.8) is 0 Å². The van der Waals surface area contributed by atoms with Crippen LogP contribution >= 0.6 is 0 Å². The molecule has 2 unspecified atom stereocenters. The molecule has 3 aliphatic heterocycles. The minimum Gasteiger partial charge on any atom is -0.477 e. The van der Waals surface area contributed by atoms with Crippen LogP contribution in [0.5, 0.6) is 5.75 Å². The van der Waals surface area contributed by atoms with Gasteiger partial charge in [0, 0.05) is 36.5 Å². The van der Waals surface area contributed by atoms with Crippen molar-refractivity contribution < 1.29 is 57.8 Å². The molecule has 0 aliphatic carbocycles. The van der Waals surface area contributed by atoms with Crippen LogP contribution in [-0.2, 0) is 44.4 Å². The van der Waals surface area contributed by atoms with Crippen LogP contribution in [0, 0.1) is 23.7 Å². The van der Waals surface area contributed by atoms with E-state index in [1.807, 2.05) is 70.1 Å². The van der Waals surface area contributed by atoms with E-state index in [2.05, 4.69) is 4.98 Å². The fourth-order valence-corrected chi connectivity index (χ4v) is 9.24. The normalized spacial score (nSPS) is 38.8. The van der Waals surface area contributed by atoms with Gasteiger partial charge in [-0.15, -0.1) is 0 Å². The number of likely N-dealkylation sites (N-methyl/N-ethyl adjacent to an activating group) is 1. The molecule has 0 radical (unpaired) electrons. The number of aromatic nitrogens is 1. The van der Waals surface area contributed by atoms with E-state index in [0.29, 0.717) is 12.2 Å². The molecule has 16 atom stereocenters. The molecule has 1 aromatic carbocycles. The molecule has 0 spiro atoms. The summed E-state index contributed by atoms with van der Waals surface area (Å²) in [5.41, 5.74) is 4.58. The second-order valence-corrected chi connectivity index (χ2v) is 17.5. The molecule has 2 aromatic rings. The second kappa shape index (κ2) is 19.2. The quantitative estimate of drug-likeness (QED) is 0.224. The maximum absolute atomic E-state index is 14.6. The molecule has 328 valence electrons. The van der Waals surface area contributed by atoms with Crippen LogP contribution in [0.15, 0.2) is 54.9 Å². The Labute approximate surface area is 348 Å². The lowest BCUT2D eigenvalue weighted by atomic mass is 9.72. The summed E-state index contributed by atoms with van der Waals surface area (Å²) in [5, 5.41) is 24.3. The highest BCUT2D eigenvalue weighted by Gasteiger charge is 2.59. The summed E-state index contributed by atoms with van der Waals surface area (Å²) in [6, 6.07) is 11.7. The number of nitrogens with zero attached hydrogens (tertiary/aromatic N) is 2. The van der Waals surface area contributed by atoms with Crippen molar-refractivity contribution in [1.29, 1.82) is 0 Å². The van der Waals surface area contributed by atoms with Crippen molar-refractivity contribution in [3.05, 3.63) is 60.4 Å². The average molecular weight is 828 g/mol.